The SMILES string of the molecule is CCCNc1ncc(CN2C[C@H]3CC[C@@H]2CN(CC(=O)N(C)C)C3)cn1. The summed E-state index contributed by atoms with van der Waals surface area (Å²) in [5.74, 6) is 1.55. The Morgan fingerprint density at radius 2 is 2.00 bits per heavy atom. The molecule has 2 atom stereocenters. The third kappa shape index (κ3) is 4.92. The molecule has 4 heterocycles. The molecule has 1 N–H and O–H groups in total. The van der Waals surface area contributed by atoms with Crippen LogP contribution in [0.5, 0.6) is 0 Å². The summed E-state index contributed by atoms with van der Waals surface area (Å²) in [4.78, 5) is 27.5. The molecule has 1 aromatic rings. The number of likely N-dealkylation sites (N-methyl/N-ethyl adjacent to an activating group) is 1. The normalized spacial score (nSPS) is 23.7. The molecule has 1 aromatic heterocycles. The van der Waals surface area contributed by atoms with Gasteiger partial charge in [-0.15, -0.1) is 0 Å². The van der Waals surface area contributed by atoms with Gasteiger partial charge in [-0.2, -0.15) is 0 Å². The fourth-order valence-corrected chi connectivity index (χ4v) is 3.93. The van der Waals surface area contributed by atoms with Crippen LogP contribution in [0.25, 0.3) is 0 Å². The molecule has 144 valence electrons. The summed E-state index contributed by atoms with van der Waals surface area (Å²) in [6, 6.07) is 0.515. The van der Waals surface area contributed by atoms with Crippen molar-refractivity contribution in [2.24, 2.45) is 5.92 Å². The minimum absolute atomic E-state index is 0.196. The van der Waals surface area contributed by atoms with Gasteiger partial charge < -0.3 is 10.2 Å². The molecule has 1 amide bonds. The van der Waals surface area contributed by atoms with E-state index in [1.165, 1.54) is 12.8 Å². The van der Waals surface area contributed by atoms with Gasteiger partial charge in [-0.05, 0) is 25.2 Å². The number of amides is 1. The highest BCUT2D eigenvalue weighted by atomic mass is 16.2. The molecular formula is C19H32N6O. The van der Waals surface area contributed by atoms with E-state index in [2.05, 4.69) is 32.0 Å². The summed E-state index contributed by atoms with van der Waals surface area (Å²) in [5.41, 5.74) is 1.16. The standard InChI is InChI=1S/C19H32N6O/c1-4-7-20-19-21-8-16(9-22-19)12-25-11-15-5-6-17(25)13-24(10-15)14-18(26)23(2)3/h8-9,15,17H,4-7,10-14H2,1-3H3,(H,20,21,22)/t15-,17+/m0/s1. The zero-order chi connectivity index (χ0) is 18.5. The molecule has 3 fully saturated rings. The first-order valence-electron chi connectivity index (χ1n) is 9.76. The molecule has 0 unspecified atom stereocenters. The number of hydrogen-bond donors (Lipinski definition) is 1. The lowest BCUT2D eigenvalue weighted by molar-refractivity contribution is -0.130. The molecule has 0 aliphatic carbocycles. The van der Waals surface area contributed by atoms with Gasteiger partial charge in [0.1, 0.15) is 0 Å². The number of carbonyl (C=O) groups is 1. The number of rotatable bonds is 7. The lowest BCUT2D eigenvalue weighted by Gasteiger charge is -2.36. The van der Waals surface area contributed by atoms with Crippen LogP contribution < -0.4 is 5.32 Å². The molecule has 0 saturated carbocycles. The Bertz CT molecular complexity index is 590. The van der Waals surface area contributed by atoms with Gasteiger partial charge in [0, 0.05) is 70.8 Å². The maximum atomic E-state index is 12.1. The van der Waals surface area contributed by atoms with Gasteiger partial charge >= 0.3 is 0 Å². The minimum atomic E-state index is 0.196. The number of carbonyl (C=O) groups excluding carboxylic acids is 1. The topological polar surface area (TPSA) is 64.6 Å². The van der Waals surface area contributed by atoms with E-state index in [9.17, 15) is 4.79 Å². The molecule has 26 heavy (non-hydrogen) atoms. The van der Waals surface area contributed by atoms with E-state index < -0.39 is 0 Å². The van der Waals surface area contributed by atoms with Crippen LogP contribution in [-0.4, -0.2) is 83.4 Å². The van der Waals surface area contributed by atoms with Crippen LogP contribution in [0.1, 0.15) is 31.7 Å². The Labute approximate surface area is 156 Å². The zero-order valence-corrected chi connectivity index (χ0v) is 16.3. The summed E-state index contributed by atoms with van der Waals surface area (Å²) in [5, 5.41) is 3.22. The third-order valence-corrected chi connectivity index (χ3v) is 5.38. The highest BCUT2D eigenvalue weighted by molar-refractivity contribution is 5.77. The average Bonchev–Trinajstić information content (AvgIpc) is 2.91. The fraction of sp³-hybridized carbons (Fsp3) is 0.737. The number of fused-ring (bicyclic) bond motifs is 4. The van der Waals surface area contributed by atoms with Crippen molar-refractivity contribution < 1.29 is 4.79 Å². The van der Waals surface area contributed by atoms with Gasteiger partial charge in [0.2, 0.25) is 11.9 Å². The smallest absolute Gasteiger partial charge is 0.236 e. The predicted octanol–water partition coefficient (Wildman–Crippen LogP) is 1.28. The van der Waals surface area contributed by atoms with Crippen LogP contribution in [0.15, 0.2) is 12.4 Å². The first kappa shape index (κ1) is 19.0. The van der Waals surface area contributed by atoms with Crippen LogP contribution in [0.3, 0.4) is 0 Å². The second kappa shape index (κ2) is 8.77. The van der Waals surface area contributed by atoms with Gasteiger partial charge in [-0.25, -0.2) is 9.97 Å². The van der Waals surface area contributed by atoms with Crippen LogP contribution in [0.4, 0.5) is 5.95 Å². The lowest BCUT2D eigenvalue weighted by atomic mass is 9.95. The maximum absolute atomic E-state index is 12.1. The lowest BCUT2D eigenvalue weighted by Crippen LogP contribution is -2.44. The number of anilines is 1. The average molecular weight is 361 g/mol. The molecule has 3 aliphatic heterocycles. The zero-order valence-electron chi connectivity index (χ0n) is 16.3. The molecule has 0 aromatic carbocycles. The molecule has 0 radical (unpaired) electrons. The second-order valence-electron chi connectivity index (χ2n) is 7.85. The quantitative estimate of drug-likeness (QED) is 0.790. The van der Waals surface area contributed by atoms with Crippen molar-refractivity contribution in [3.05, 3.63) is 18.0 Å². The number of nitrogens with one attached hydrogen (secondary N) is 1. The molecule has 4 rings (SSSR count). The Balaban J connectivity index is 1.59. The molecule has 7 nitrogen and oxygen atoms in total. The largest absolute Gasteiger partial charge is 0.354 e. The van der Waals surface area contributed by atoms with Crippen molar-refractivity contribution in [2.75, 3.05) is 52.1 Å². The molecule has 7 heteroatoms. The van der Waals surface area contributed by atoms with E-state index in [1.54, 1.807) is 4.90 Å². The van der Waals surface area contributed by atoms with Gasteiger partial charge in [0.05, 0.1) is 6.54 Å². The number of hydrogen-bond acceptors (Lipinski definition) is 6. The summed E-state index contributed by atoms with van der Waals surface area (Å²) in [7, 11) is 3.67. The van der Waals surface area contributed by atoms with Gasteiger partial charge in [0.15, 0.2) is 0 Å². The van der Waals surface area contributed by atoms with Crippen molar-refractivity contribution in [1.82, 2.24) is 24.7 Å². The van der Waals surface area contributed by atoms with Gasteiger partial charge in [0.25, 0.3) is 0 Å². The molecular weight excluding hydrogens is 328 g/mol. The maximum Gasteiger partial charge on any atom is 0.236 e. The number of nitrogens with zero attached hydrogens (tertiary/aromatic N) is 5. The van der Waals surface area contributed by atoms with Crippen molar-refractivity contribution in [2.45, 2.75) is 38.8 Å². The monoisotopic (exact) mass is 360 g/mol. The van der Waals surface area contributed by atoms with E-state index >= 15 is 0 Å². The third-order valence-electron chi connectivity index (χ3n) is 5.38. The summed E-state index contributed by atoms with van der Waals surface area (Å²) < 4.78 is 0. The van der Waals surface area contributed by atoms with Crippen LogP contribution in [0.2, 0.25) is 0 Å². The Morgan fingerprint density at radius 3 is 2.69 bits per heavy atom. The van der Waals surface area contributed by atoms with Crippen LogP contribution in [-0.2, 0) is 11.3 Å². The van der Waals surface area contributed by atoms with Gasteiger partial charge in [-0.1, -0.05) is 6.92 Å². The second-order valence-corrected chi connectivity index (χ2v) is 7.85. The fourth-order valence-electron chi connectivity index (χ4n) is 3.93. The van der Waals surface area contributed by atoms with E-state index in [0.29, 0.717) is 24.5 Å². The van der Waals surface area contributed by atoms with Crippen LogP contribution >= 0.6 is 0 Å². The number of aromatic nitrogens is 2. The van der Waals surface area contributed by atoms with E-state index in [4.69, 9.17) is 0 Å². The Hall–Kier alpha value is -1.73. The van der Waals surface area contributed by atoms with Crippen molar-refractivity contribution in [3.8, 4) is 0 Å². The number of piperidine rings is 1. The summed E-state index contributed by atoms with van der Waals surface area (Å²) >= 11 is 0. The Kier molecular flexibility index (Phi) is 6.43. The van der Waals surface area contributed by atoms with E-state index in [0.717, 1.165) is 44.7 Å². The van der Waals surface area contributed by atoms with E-state index in [-0.39, 0.29) is 5.91 Å². The highest BCUT2D eigenvalue weighted by Gasteiger charge is 2.35. The molecule has 3 saturated heterocycles. The molecule has 2 bridgehead atoms. The molecule has 0 spiro atoms. The first-order valence-corrected chi connectivity index (χ1v) is 9.76. The van der Waals surface area contributed by atoms with Crippen molar-refractivity contribution in [3.63, 3.8) is 0 Å². The van der Waals surface area contributed by atoms with Crippen LogP contribution in [0, 0.1) is 5.92 Å². The van der Waals surface area contributed by atoms with Gasteiger partial charge in [-0.3, -0.25) is 14.6 Å². The first-order chi connectivity index (χ1) is 12.5. The highest BCUT2D eigenvalue weighted by Crippen LogP contribution is 2.29. The molecule has 3 aliphatic rings. The summed E-state index contributed by atoms with van der Waals surface area (Å²) in [6.45, 7) is 7.57. The summed E-state index contributed by atoms with van der Waals surface area (Å²) in [6.07, 6.45) is 7.43. The minimum Gasteiger partial charge on any atom is -0.354 e. The van der Waals surface area contributed by atoms with E-state index in [1.807, 2.05) is 26.5 Å². The van der Waals surface area contributed by atoms with Crippen molar-refractivity contribution in [1.29, 1.82) is 0 Å². The predicted molar refractivity (Wildman–Crippen MR) is 103 cm³/mol. The van der Waals surface area contributed by atoms with Crippen molar-refractivity contribution >= 4 is 11.9 Å². The Morgan fingerprint density at radius 1 is 1.23 bits per heavy atom.